The molecule has 0 fully saturated rings. The lowest BCUT2D eigenvalue weighted by atomic mass is 9.77. The van der Waals surface area contributed by atoms with E-state index >= 15 is 0 Å². The molecule has 1 unspecified atom stereocenters. The molecule has 23 heavy (non-hydrogen) atoms. The van der Waals surface area contributed by atoms with Gasteiger partial charge in [-0.05, 0) is 17.4 Å². The summed E-state index contributed by atoms with van der Waals surface area (Å²) < 4.78 is 0. The molecule has 1 rings (SSSR count). The Labute approximate surface area is 145 Å². The average Bonchev–Trinajstić information content (AvgIpc) is 2.56. The van der Waals surface area contributed by atoms with Gasteiger partial charge >= 0.3 is 0 Å². The van der Waals surface area contributed by atoms with Crippen LogP contribution in [0.4, 0.5) is 0 Å². The fourth-order valence-corrected chi connectivity index (χ4v) is 3.34. The third kappa shape index (κ3) is 8.55. The molecule has 1 aromatic carbocycles. The van der Waals surface area contributed by atoms with Crippen LogP contribution in [0.15, 0.2) is 30.3 Å². The Hall–Kier alpha value is -0.820. The summed E-state index contributed by atoms with van der Waals surface area (Å²) in [4.78, 5) is 0. The number of hydrogen-bond acceptors (Lipinski definition) is 1. The van der Waals surface area contributed by atoms with Gasteiger partial charge in [0.1, 0.15) is 0 Å². The van der Waals surface area contributed by atoms with Crippen molar-refractivity contribution in [2.24, 2.45) is 11.1 Å². The molecule has 0 aliphatic rings. The maximum Gasteiger partial charge on any atom is 0.0346 e. The first-order valence-corrected chi connectivity index (χ1v) is 9.88. The summed E-state index contributed by atoms with van der Waals surface area (Å²) in [6.07, 6.45) is 15.2. The van der Waals surface area contributed by atoms with E-state index in [1.165, 1.54) is 76.2 Å². The monoisotopic (exact) mass is 317 g/mol. The predicted molar refractivity (Wildman–Crippen MR) is 104 cm³/mol. The number of unbranched alkanes of at least 4 members (excludes halogenated alkanes) is 9. The standard InChI is InChI=1S/C22H39N/c1-4-5-6-7-8-9-10-11-12-16-19-22(2,3)21(23)20-17-14-13-15-18-20/h13-15,17-18,21H,4-12,16,19,23H2,1-3H3. The van der Waals surface area contributed by atoms with E-state index in [0.717, 1.165) is 0 Å². The lowest BCUT2D eigenvalue weighted by Gasteiger charge is -2.32. The fraction of sp³-hybridized carbons (Fsp3) is 0.727. The van der Waals surface area contributed by atoms with Gasteiger partial charge in [0.05, 0.1) is 0 Å². The normalized spacial score (nSPS) is 13.2. The second-order valence-corrected chi connectivity index (χ2v) is 7.81. The van der Waals surface area contributed by atoms with Crippen molar-refractivity contribution < 1.29 is 0 Å². The van der Waals surface area contributed by atoms with Crippen molar-refractivity contribution in [3.63, 3.8) is 0 Å². The van der Waals surface area contributed by atoms with Gasteiger partial charge in [0.2, 0.25) is 0 Å². The van der Waals surface area contributed by atoms with Crippen molar-refractivity contribution in [3.8, 4) is 0 Å². The minimum absolute atomic E-state index is 0.141. The molecule has 1 aromatic rings. The van der Waals surface area contributed by atoms with Crippen LogP contribution in [0.1, 0.15) is 103 Å². The van der Waals surface area contributed by atoms with Crippen molar-refractivity contribution in [1.82, 2.24) is 0 Å². The summed E-state index contributed by atoms with van der Waals surface area (Å²) in [5.74, 6) is 0. The first kappa shape index (κ1) is 20.2. The Kier molecular flexibility index (Phi) is 10.3. The molecule has 2 N–H and O–H groups in total. The van der Waals surface area contributed by atoms with Gasteiger partial charge in [-0.15, -0.1) is 0 Å². The van der Waals surface area contributed by atoms with Crippen LogP contribution < -0.4 is 5.73 Å². The largest absolute Gasteiger partial charge is 0.324 e. The van der Waals surface area contributed by atoms with E-state index in [2.05, 4.69) is 51.1 Å². The molecular formula is C22H39N. The van der Waals surface area contributed by atoms with Gasteiger partial charge in [-0.3, -0.25) is 0 Å². The van der Waals surface area contributed by atoms with Crippen LogP contribution in [0.2, 0.25) is 0 Å². The number of hydrogen-bond donors (Lipinski definition) is 1. The highest BCUT2D eigenvalue weighted by Crippen LogP contribution is 2.36. The van der Waals surface area contributed by atoms with E-state index in [9.17, 15) is 0 Å². The van der Waals surface area contributed by atoms with Crippen molar-refractivity contribution in [1.29, 1.82) is 0 Å². The highest BCUT2D eigenvalue weighted by Gasteiger charge is 2.26. The highest BCUT2D eigenvalue weighted by atomic mass is 14.7. The predicted octanol–water partition coefficient (Wildman–Crippen LogP) is 7.02. The van der Waals surface area contributed by atoms with E-state index in [-0.39, 0.29) is 11.5 Å². The van der Waals surface area contributed by atoms with Crippen LogP contribution in [0.25, 0.3) is 0 Å². The van der Waals surface area contributed by atoms with Crippen LogP contribution in [-0.4, -0.2) is 0 Å². The van der Waals surface area contributed by atoms with E-state index in [4.69, 9.17) is 5.73 Å². The summed E-state index contributed by atoms with van der Waals surface area (Å²) in [5.41, 5.74) is 7.94. The van der Waals surface area contributed by atoms with Gasteiger partial charge in [0.25, 0.3) is 0 Å². The summed E-state index contributed by atoms with van der Waals surface area (Å²) in [6.45, 7) is 6.92. The van der Waals surface area contributed by atoms with Crippen LogP contribution in [0, 0.1) is 5.41 Å². The molecule has 0 aliphatic carbocycles. The molecule has 0 spiro atoms. The Balaban J connectivity index is 2.10. The molecule has 0 aliphatic heterocycles. The van der Waals surface area contributed by atoms with Crippen LogP contribution in [-0.2, 0) is 0 Å². The zero-order valence-electron chi connectivity index (χ0n) is 15.8. The third-order valence-corrected chi connectivity index (χ3v) is 5.18. The summed E-state index contributed by atoms with van der Waals surface area (Å²) in [6, 6.07) is 10.7. The van der Waals surface area contributed by atoms with Gasteiger partial charge in [-0.1, -0.05) is 115 Å². The van der Waals surface area contributed by atoms with Gasteiger partial charge in [-0.2, -0.15) is 0 Å². The first-order chi connectivity index (χ1) is 11.1. The highest BCUT2D eigenvalue weighted by molar-refractivity contribution is 5.20. The smallest absolute Gasteiger partial charge is 0.0346 e. The summed E-state index contributed by atoms with van der Waals surface area (Å²) in [5, 5.41) is 0. The Morgan fingerprint density at radius 2 is 1.26 bits per heavy atom. The molecule has 0 aromatic heterocycles. The number of rotatable bonds is 13. The number of nitrogens with two attached hydrogens (primary N) is 1. The molecule has 0 saturated carbocycles. The van der Waals surface area contributed by atoms with Crippen molar-refractivity contribution in [2.75, 3.05) is 0 Å². The van der Waals surface area contributed by atoms with Crippen LogP contribution >= 0.6 is 0 Å². The molecule has 0 saturated heterocycles. The Morgan fingerprint density at radius 3 is 1.78 bits per heavy atom. The first-order valence-electron chi connectivity index (χ1n) is 9.88. The minimum atomic E-state index is 0.141. The van der Waals surface area contributed by atoms with Gasteiger partial charge in [0, 0.05) is 6.04 Å². The fourth-order valence-electron chi connectivity index (χ4n) is 3.34. The summed E-state index contributed by atoms with van der Waals surface area (Å²) >= 11 is 0. The van der Waals surface area contributed by atoms with Crippen LogP contribution in [0.3, 0.4) is 0 Å². The van der Waals surface area contributed by atoms with Crippen LogP contribution in [0.5, 0.6) is 0 Å². The minimum Gasteiger partial charge on any atom is -0.324 e. The van der Waals surface area contributed by atoms with E-state index < -0.39 is 0 Å². The van der Waals surface area contributed by atoms with Crippen molar-refractivity contribution in [2.45, 2.75) is 97.4 Å². The lowest BCUT2D eigenvalue weighted by Crippen LogP contribution is -2.29. The third-order valence-electron chi connectivity index (χ3n) is 5.18. The molecular weight excluding hydrogens is 278 g/mol. The summed E-state index contributed by atoms with van der Waals surface area (Å²) in [7, 11) is 0. The van der Waals surface area contributed by atoms with E-state index in [0.29, 0.717) is 0 Å². The zero-order valence-corrected chi connectivity index (χ0v) is 15.8. The van der Waals surface area contributed by atoms with Gasteiger partial charge < -0.3 is 5.73 Å². The average molecular weight is 318 g/mol. The molecule has 0 bridgehead atoms. The molecule has 0 amide bonds. The number of benzene rings is 1. The Bertz CT molecular complexity index is 382. The molecule has 1 heteroatoms. The molecule has 1 nitrogen and oxygen atoms in total. The SMILES string of the molecule is CCCCCCCCCCCCC(C)(C)C(N)c1ccccc1. The second kappa shape index (κ2) is 11.7. The molecule has 0 radical (unpaired) electrons. The van der Waals surface area contributed by atoms with Gasteiger partial charge in [0.15, 0.2) is 0 Å². The van der Waals surface area contributed by atoms with E-state index in [1.54, 1.807) is 0 Å². The van der Waals surface area contributed by atoms with Crippen molar-refractivity contribution >= 4 is 0 Å². The molecule has 132 valence electrons. The maximum absolute atomic E-state index is 6.49. The molecule has 1 atom stereocenters. The second-order valence-electron chi connectivity index (χ2n) is 7.81. The quantitative estimate of drug-likeness (QED) is 0.388. The zero-order chi connectivity index (χ0) is 17.0. The molecule has 0 heterocycles. The van der Waals surface area contributed by atoms with Gasteiger partial charge in [-0.25, -0.2) is 0 Å². The lowest BCUT2D eigenvalue weighted by molar-refractivity contribution is 0.255. The maximum atomic E-state index is 6.49. The van der Waals surface area contributed by atoms with Crippen molar-refractivity contribution in [3.05, 3.63) is 35.9 Å². The Morgan fingerprint density at radius 1 is 0.783 bits per heavy atom. The van der Waals surface area contributed by atoms with E-state index in [1.807, 2.05) is 0 Å². The topological polar surface area (TPSA) is 26.0 Å².